The van der Waals surface area contributed by atoms with Crippen LogP contribution in [0.3, 0.4) is 0 Å². The molecular formula is C28H40ClN5O4. The van der Waals surface area contributed by atoms with Gasteiger partial charge in [0.05, 0.1) is 12.6 Å². The van der Waals surface area contributed by atoms with E-state index in [0.29, 0.717) is 25.8 Å². The summed E-state index contributed by atoms with van der Waals surface area (Å²) in [5.41, 5.74) is 6.17. The molecule has 38 heavy (non-hydrogen) atoms. The Morgan fingerprint density at radius 2 is 1.71 bits per heavy atom. The Morgan fingerprint density at radius 3 is 2.34 bits per heavy atom. The molecule has 2 aromatic rings. The van der Waals surface area contributed by atoms with Crippen molar-refractivity contribution in [1.82, 2.24) is 20.9 Å². The molecule has 0 spiro atoms. The molecule has 2 aromatic carbocycles. The van der Waals surface area contributed by atoms with Crippen LogP contribution in [0.4, 0.5) is 0 Å². The predicted octanol–water partition coefficient (Wildman–Crippen LogP) is 1.91. The minimum absolute atomic E-state index is 0. The first-order chi connectivity index (χ1) is 17.9. The molecule has 2 atom stereocenters. The van der Waals surface area contributed by atoms with E-state index in [9.17, 15) is 19.2 Å². The number of carbonyl (C=O) groups is 4. The van der Waals surface area contributed by atoms with Gasteiger partial charge < -0.3 is 21.7 Å². The van der Waals surface area contributed by atoms with Crippen LogP contribution >= 0.6 is 12.4 Å². The summed E-state index contributed by atoms with van der Waals surface area (Å²) in [6, 6.07) is 12.3. The number of nitrogens with two attached hydrogens (primary N) is 1. The molecule has 5 N–H and O–H groups in total. The standard InChI is InChI=1S/C28H39N5O4.ClH/c1-3-20(4-2)27(36)33(28(37)23-10-7-13-30-23)24(26(35)32-15-14-31-25(34)18-29)17-19-11-12-21-8-5-6-9-22(21)16-19;/h5-6,8-9,11-12,16,20,23-24,30H,3-4,7,10,13-15,17-18,29H2,1-2H3,(H,31,34)(H,32,35);1H/t23-,24+;/m0./s1. The first-order valence-electron chi connectivity index (χ1n) is 13.2. The Labute approximate surface area is 230 Å². The third-order valence-electron chi connectivity index (χ3n) is 6.96. The lowest BCUT2D eigenvalue weighted by Crippen LogP contribution is -2.58. The van der Waals surface area contributed by atoms with Gasteiger partial charge in [-0.25, -0.2) is 0 Å². The zero-order valence-electron chi connectivity index (χ0n) is 22.2. The van der Waals surface area contributed by atoms with Crippen LogP contribution in [0.2, 0.25) is 0 Å². The van der Waals surface area contributed by atoms with Crippen LogP contribution in [0.1, 0.15) is 45.1 Å². The maximum Gasteiger partial charge on any atom is 0.247 e. The first-order valence-corrected chi connectivity index (χ1v) is 13.2. The molecule has 0 saturated carbocycles. The van der Waals surface area contributed by atoms with E-state index in [1.165, 1.54) is 4.90 Å². The van der Waals surface area contributed by atoms with Gasteiger partial charge in [-0.15, -0.1) is 12.4 Å². The van der Waals surface area contributed by atoms with Crippen molar-refractivity contribution in [2.75, 3.05) is 26.2 Å². The Bertz CT molecular complexity index is 1090. The number of benzene rings is 2. The molecule has 0 unspecified atom stereocenters. The highest BCUT2D eigenvalue weighted by Crippen LogP contribution is 2.23. The molecule has 4 amide bonds. The molecule has 9 nitrogen and oxygen atoms in total. The molecule has 1 aliphatic heterocycles. The van der Waals surface area contributed by atoms with Crippen LogP contribution in [-0.2, 0) is 25.6 Å². The molecular weight excluding hydrogens is 506 g/mol. The van der Waals surface area contributed by atoms with E-state index in [1.807, 2.05) is 56.3 Å². The summed E-state index contributed by atoms with van der Waals surface area (Å²) in [4.78, 5) is 53.7. The first kappa shape index (κ1) is 31.2. The fourth-order valence-corrected chi connectivity index (χ4v) is 4.78. The number of carbonyl (C=O) groups excluding carboxylic acids is 4. The second kappa shape index (κ2) is 15.4. The highest BCUT2D eigenvalue weighted by Gasteiger charge is 2.40. The van der Waals surface area contributed by atoms with Crippen LogP contribution in [0, 0.1) is 5.92 Å². The Balaban J connectivity index is 0.00000507. The van der Waals surface area contributed by atoms with Gasteiger partial charge in [0.25, 0.3) is 0 Å². The number of nitrogens with zero attached hydrogens (tertiary/aromatic N) is 1. The molecule has 1 aliphatic rings. The van der Waals surface area contributed by atoms with E-state index in [-0.39, 0.29) is 62.1 Å². The van der Waals surface area contributed by atoms with Crippen molar-refractivity contribution in [1.29, 1.82) is 0 Å². The predicted molar refractivity (Wildman–Crippen MR) is 151 cm³/mol. The second-order valence-corrected chi connectivity index (χ2v) is 9.46. The van der Waals surface area contributed by atoms with Crippen molar-refractivity contribution in [3.63, 3.8) is 0 Å². The van der Waals surface area contributed by atoms with E-state index >= 15 is 0 Å². The van der Waals surface area contributed by atoms with Gasteiger partial charge >= 0.3 is 0 Å². The van der Waals surface area contributed by atoms with E-state index in [2.05, 4.69) is 16.0 Å². The summed E-state index contributed by atoms with van der Waals surface area (Å²) in [6.07, 6.45) is 2.81. The van der Waals surface area contributed by atoms with Gasteiger partial charge in [-0.2, -0.15) is 0 Å². The van der Waals surface area contributed by atoms with Crippen LogP contribution in [-0.4, -0.2) is 66.8 Å². The number of imide groups is 1. The molecule has 0 radical (unpaired) electrons. The molecule has 3 rings (SSSR count). The van der Waals surface area contributed by atoms with Crippen molar-refractivity contribution >= 4 is 46.8 Å². The van der Waals surface area contributed by atoms with Gasteiger partial charge in [-0.1, -0.05) is 56.3 Å². The summed E-state index contributed by atoms with van der Waals surface area (Å²) >= 11 is 0. The zero-order chi connectivity index (χ0) is 26.8. The van der Waals surface area contributed by atoms with Crippen molar-refractivity contribution in [3.05, 3.63) is 48.0 Å². The van der Waals surface area contributed by atoms with E-state index < -0.39 is 18.0 Å². The molecule has 0 bridgehead atoms. The molecule has 1 heterocycles. The minimum Gasteiger partial charge on any atom is -0.353 e. The molecule has 0 aromatic heterocycles. The van der Waals surface area contributed by atoms with Gasteiger partial charge in [0.2, 0.25) is 23.6 Å². The largest absolute Gasteiger partial charge is 0.353 e. The monoisotopic (exact) mass is 545 g/mol. The van der Waals surface area contributed by atoms with Crippen molar-refractivity contribution < 1.29 is 19.2 Å². The smallest absolute Gasteiger partial charge is 0.247 e. The summed E-state index contributed by atoms with van der Waals surface area (Å²) in [5.74, 6) is -1.79. The zero-order valence-corrected chi connectivity index (χ0v) is 23.0. The summed E-state index contributed by atoms with van der Waals surface area (Å²) in [5, 5.41) is 10.7. The van der Waals surface area contributed by atoms with E-state index in [4.69, 9.17) is 5.73 Å². The van der Waals surface area contributed by atoms with Gasteiger partial charge in [-0.05, 0) is 48.6 Å². The van der Waals surface area contributed by atoms with Crippen molar-refractivity contribution in [2.24, 2.45) is 11.7 Å². The Morgan fingerprint density at radius 1 is 1.03 bits per heavy atom. The quantitative estimate of drug-likeness (QED) is 0.301. The lowest BCUT2D eigenvalue weighted by atomic mass is 9.96. The van der Waals surface area contributed by atoms with Gasteiger partial charge in [0.15, 0.2) is 0 Å². The number of fused-ring (bicyclic) bond motifs is 1. The molecule has 208 valence electrons. The normalized spacial score (nSPS) is 15.5. The van der Waals surface area contributed by atoms with E-state index in [1.54, 1.807) is 0 Å². The maximum absolute atomic E-state index is 13.7. The molecule has 10 heteroatoms. The maximum atomic E-state index is 13.7. The highest BCUT2D eigenvalue weighted by atomic mass is 35.5. The summed E-state index contributed by atoms with van der Waals surface area (Å²) in [7, 11) is 0. The minimum atomic E-state index is -1.02. The van der Waals surface area contributed by atoms with Crippen LogP contribution in [0.15, 0.2) is 42.5 Å². The number of amides is 4. The summed E-state index contributed by atoms with van der Waals surface area (Å²) < 4.78 is 0. The molecule has 1 saturated heterocycles. The second-order valence-electron chi connectivity index (χ2n) is 9.46. The van der Waals surface area contributed by atoms with Gasteiger partial charge in [0.1, 0.15) is 6.04 Å². The Kier molecular flexibility index (Phi) is 12.7. The number of rotatable bonds is 12. The lowest BCUT2D eigenvalue weighted by Gasteiger charge is -2.33. The van der Waals surface area contributed by atoms with Crippen molar-refractivity contribution in [3.8, 4) is 0 Å². The topological polar surface area (TPSA) is 134 Å². The highest BCUT2D eigenvalue weighted by molar-refractivity contribution is 6.03. The van der Waals surface area contributed by atoms with E-state index in [0.717, 1.165) is 22.8 Å². The fraction of sp³-hybridized carbons (Fsp3) is 0.500. The lowest BCUT2D eigenvalue weighted by molar-refractivity contribution is -0.155. The SMILES string of the molecule is CCC(CC)C(=O)N(C(=O)[C@@H]1CCCN1)[C@H](Cc1ccc2ccccc2c1)C(=O)NCCNC(=O)CN.Cl. The average molecular weight is 546 g/mol. The third kappa shape index (κ3) is 7.99. The molecule has 0 aliphatic carbocycles. The van der Waals surface area contributed by atoms with Crippen LogP contribution in [0.5, 0.6) is 0 Å². The van der Waals surface area contributed by atoms with Crippen molar-refractivity contribution in [2.45, 2.75) is 58.0 Å². The molecule has 1 fully saturated rings. The fourth-order valence-electron chi connectivity index (χ4n) is 4.78. The summed E-state index contributed by atoms with van der Waals surface area (Å²) in [6.45, 7) is 4.75. The Hall–Kier alpha value is -3.01. The number of hydrogen-bond donors (Lipinski definition) is 4. The number of halogens is 1. The average Bonchev–Trinajstić information content (AvgIpc) is 3.46. The van der Waals surface area contributed by atoms with Gasteiger partial charge in [-0.3, -0.25) is 24.1 Å². The number of hydrogen-bond acceptors (Lipinski definition) is 6. The number of nitrogens with one attached hydrogen (secondary N) is 3. The van der Waals surface area contributed by atoms with Crippen LogP contribution < -0.4 is 21.7 Å². The third-order valence-corrected chi connectivity index (χ3v) is 6.96. The van der Waals surface area contributed by atoms with Crippen LogP contribution in [0.25, 0.3) is 10.8 Å². The van der Waals surface area contributed by atoms with Gasteiger partial charge in [0, 0.05) is 25.4 Å².